The van der Waals surface area contributed by atoms with E-state index in [2.05, 4.69) is 14.6 Å². The van der Waals surface area contributed by atoms with Crippen LogP contribution in [-0.4, -0.2) is 33.0 Å². The van der Waals surface area contributed by atoms with Crippen molar-refractivity contribution in [2.75, 3.05) is 24.5 Å². The largest absolute Gasteiger partial charge is 0.356 e. The van der Waals surface area contributed by atoms with Crippen molar-refractivity contribution in [2.45, 2.75) is 18.6 Å². The predicted molar refractivity (Wildman–Crippen MR) is 101 cm³/mol. The summed E-state index contributed by atoms with van der Waals surface area (Å²) in [4.78, 5) is 6.55. The molecule has 134 valence electrons. The maximum absolute atomic E-state index is 12.3. The highest BCUT2D eigenvalue weighted by atomic mass is 35.5. The fraction of sp³-hybridized carbons (Fsp3) is 0.389. The van der Waals surface area contributed by atoms with Gasteiger partial charge < -0.3 is 4.90 Å². The Morgan fingerprint density at radius 1 is 1.20 bits per heavy atom. The Morgan fingerprint density at radius 3 is 2.72 bits per heavy atom. The predicted octanol–water partition coefficient (Wildman–Crippen LogP) is 3.07. The Kier molecular flexibility index (Phi) is 5.93. The molecule has 1 atom stereocenters. The van der Waals surface area contributed by atoms with Crippen molar-refractivity contribution in [1.29, 1.82) is 0 Å². The van der Waals surface area contributed by atoms with E-state index in [9.17, 15) is 8.42 Å². The molecular weight excluding hydrogens is 358 g/mol. The summed E-state index contributed by atoms with van der Waals surface area (Å²) in [6, 6.07) is 13.0. The number of anilines is 1. The first-order valence-corrected chi connectivity index (χ1v) is 10.4. The van der Waals surface area contributed by atoms with Crippen molar-refractivity contribution in [1.82, 2.24) is 9.71 Å². The van der Waals surface area contributed by atoms with Gasteiger partial charge in [-0.3, -0.25) is 0 Å². The van der Waals surface area contributed by atoms with Gasteiger partial charge in [0.15, 0.2) is 0 Å². The van der Waals surface area contributed by atoms with Gasteiger partial charge in [0, 0.05) is 25.8 Å². The average molecular weight is 380 g/mol. The standard InChI is InChI=1S/C18H22ClN3O2S/c19-17-8-9-18(20-12-17)22-10-4-7-16(13-22)11-21-25(23,24)14-15-5-2-1-3-6-15/h1-3,5-6,8-9,12,16,21H,4,7,10-11,13-14H2. The first kappa shape index (κ1) is 18.2. The molecule has 0 aliphatic carbocycles. The number of halogens is 1. The number of piperidine rings is 1. The molecule has 2 heterocycles. The highest BCUT2D eigenvalue weighted by molar-refractivity contribution is 7.88. The zero-order valence-electron chi connectivity index (χ0n) is 13.9. The molecule has 1 aromatic carbocycles. The second-order valence-corrected chi connectivity index (χ2v) is 8.63. The summed E-state index contributed by atoms with van der Waals surface area (Å²) in [7, 11) is -3.32. The summed E-state index contributed by atoms with van der Waals surface area (Å²) in [6.45, 7) is 2.18. The van der Waals surface area contributed by atoms with Gasteiger partial charge in [-0.2, -0.15) is 0 Å². The molecule has 1 unspecified atom stereocenters. The quantitative estimate of drug-likeness (QED) is 0.837. The first-order chi connectivity index (χ1) is 12.0. The molecule has 7 heteroatoms. The Hall–Kier alpha value is -1.63. The van der Waals surface area contributed by atoms with Crippen molar-refractivity contribution in [3.8, 4) is 0 Å². The highest BCUT2D eigenvalue weighted by Crippen LogP contribution is 2.22. The maximum atomic E-state index is 12.3. The summed E-state index contributed by atoms with van der Waals surface area (Å²) in [5.74, 6) is 1.18. The summed E-state index contributed by atoms with van der Waals surface area (Å²) in [5, 5.41) is 0.617. The number of hydrogen-bond donors (Lipinski definition) is 1. The fourth-order valence-corrected chi connectivity index (χ4v) is 4.42. The lowest BCUT2D eigenvalue weighted by molar-refractivity contribution is 0.409. The number of benzene rings is 1. The van der Waals surface area contributed by atoms with Crippen LogP contribution < -0.4 is 9.62 Å². The van der Waals surface area contributed by atoms with E-state index in [1.807, 2.05) is 42.5 Å². The molecule has 0 spiro atoms. The van der Waals surface area contributed by atoms with Crippen LogP contribution in [-0.2, 0) is 15.8 Å². The van der Waals surface area contributed by atoms with Gasteiger partial charge in [0.1, 0.15) is 5.82 Å². The molecule has 1 aliphatic heterocycles. The third kappa shape index (κ3) is 5.42. The van der Waals surface area contributed by atoms with Gasteiger partial charge in [0.25, 0.3) is 0 Å². The van der Waals surface area contributed by atoms with Crippen LogP contribution in [0.25, 0.3) is 0 Å². The minimum atomic E-state index is -3.32. The number of nitrogens with zero attached hydrogens (tertiary/aromatic N) is 2. The van der Waals surface area contributed by atoms with Crippen LogP contribution in [0.2, 0.25) is 5.02 Å². The Bertz CT molecular complexity index is 782. The van der Waals surface area contributed by atoms with Crippen molar-refractivity contribution in [2.24, 2.45) is 5.92 Å². The minimum absolute atomic E-state index is 0.0169. The molecule has 0 radical (unpaired) electrons. The van der Waals surface area contributed by atoms with Gasteiger partial charge in [-0.25, -0.2) is 18.1 Å². The molecule has 25 heavy (non-hydrogen) atoms. The SMILES string of the molecule is O=S(=O)(Cc1ccccc1)NCC1CCCN(c2ccc(Cl)cn2)C1. The van der Waals surface area contributed by atoms with Gasteiger partial charge in [-0.05, 0) is 36.5 Å². The molecule has 0 saturated carbocycles. The third-order valence-electron chi connectivity index (χ3n) is 4.35. The summed E-state index contributed by atoms with van der Waals surface area (Å²) in [5.41, 5.74) is 0.797. The molecule has 1 N–H and O–H groups in total. The van der Waals surface area contributed by atoms with Crippen LogP contribution in [0.15, 0.2) is 48.7 Å². The zero-order chi connectivity index (χ0) is 17.7. The monoisotopic (exact) mass is 379 g/mol. The van der Waals surface area contributed by atoms with Crippen LogP contribution in [0.1, 0.15) is 18.4 Å². The molecular formula is C18H22ClN3O2S. The summed E-state index contributed by atoms with van der Waals surface area (Å²) in [6.07, 6.45) is 3.68. The highest BCUT2D eigenvalue weighted by Gasteiger charge is 2.22. The van der Waals surface area contributed by atoms with E-state index in [-0.39, 0.29) is 11.7 Å². The molecule has 3 rings (SSSR count). The summed E-state index contributed by atoms with van der Waals surface area (Å²) >= 11 is 5.89. The average Bonchev–Trinajstić information content (AvgIpc) is 2.61. The van der Waals surface area contributed by atoms with Gasteiger partial charge in [-0.1, -0.05) is 41.9 Å². The Morgan fingerprint density at radius 2 is 2.00 bits per heavy atom. The van der Waals surface area contributed by atoms with Crippen LogP contribution in [0.4, 0.5) is 5.82 Å². The molecule has 1 aliphatic rings. The number of rotatable bonds is 6. The van der Waals surface area contributed by atoms with E-state index < -0.39 is 10.0 Å². The molecule has 1 saturated heterocycles. The molecule has 5 nitrogen and oxygen atoms in total. The maximum Gasteiger partial charge on any atom is 0.215 e. The van der Waals surface area contributed by atoms with Crippen LogP contribution >= 0.6 is 11.6 Å². The lowest BCUT2D eigenvalue weighted by atomic mass is 9.98. The molecule has 0 amide bonds. The third-order valence-corrected chi connectivity index (χ3v) is 5.89. The van der Waals surface area contributed by atoms with E-state index in [0.717, 1.165) is 37.3 Å². The zero-order valence-corrected chi connectivity index (χ0v) is 15.5. The summed E-state index contributed by atoms with van der Waals surface area (Å²) < 4.78 is 27.3. The lowest BCUT2D eigenvalue weighted by Crippen LogP contribution is -2.41. The molecule has 0 bridgehead atoms. The normalized spacial score (nSPS) is 18.3. The van der Waals surface area contributed by atoms with Gasteiger partial charge in [-0.15, -0.1) is 0 Å². The van der Waals surface area contributed by atoms with E-state index >= 15 is 0 Å². The van der Waals surface area contributed by atoms with E-state index in [4.69, 9.17) is 11.6 Å². The number of pyridine rings is 1. The van der Waals surface area contributed by atoms with E-state index in [0.29, 0.717) is 11.6 Å². The van der Waals surface area contributed by atoms with Gasteiger partial charge in [0.05, 0.1) is 10.8 Å². The minimum Gasteiger partial charge on any atom is -0.356 e. The van der Waals surface area contributed by atoms with Crippen molar-refractivity contribution < 1.29 is 8.42 Å². The first-order valence-electron chi connectivity index (χ1n) is 8.39. The second kappa shape index (κ2) is 8.17. The Balaban J connectivity index is 1.55. The van der Waals surface area contributed by atoms with Crippen molar-refractivity contribution in [3.05, 3.63) is 59.2 Å². The Labute approximate surface area is 154 Å². The van der Waals surface area contributed by atoms with E-state index in [1.165, 1.54) is 0 Å². The van der Waals surface area contributed by atoms with E-state index in [1.54, 1.807) is 6.20 Å². The number of nitrogens with one attached hydrogen (secondary N) is 1. The number of aromatic nitrogens is 1. The molecule has 1 aromatic heterocycles. The number of hydrogen-bond acceptors (Lipinski definition) is 4. The number of sulfonamides is 1. The smallest absolute Gasteiger partial charge is 0.215 e. The fourth-order valence-electron chi connectivity index (χ4n) is 3.08. The van der Waals surface area contributed by atoms with Crippen LogP contribution in [0.5, 0.6) is 0 Å². The second-order valence-electron chi connectivity index (χ2n) is 6.38. The molecule has 1 fully saturated rings. The topological polar surface area (TPSA) is 62.3 Å². The van der Waals surface area contributed by atoms with Crippen LogP contribution in [0.3, 0.4) is 0 Å². The van der Waals surface area contributed by atoms with Crippen molar-refractivity contribution in [3.63, 3.8) is 0 Å². The van der Waals surface area contributed by atoms with Gasteiger partial charge >= 0.3 is 0 Å². The molecule has 2 aromatic rings. The van der Waals surface area contributed by atoms with Crippen LogP contribution in [0, 0.1) is 5.92 Å². The van der Waals surface area contributed by atoms with Gasteiger partial charge in [0.2, 0.25) is 10.0 Å². The van der Waals surface area contributed by atoms with Crippen molar-refractivity contribution >= 4 is 27.4 Å². The lowest BCUT2D eigenvalue weighted by Gasteiger charge is -2.33.